The molecule has 3 heteroatoms. The summed E-state index contributed by atoms with van der Waals surface area (Å²) < 4.78 is 0. The van der Waals surface area contributed by atoms with Crippen LogP contribution in [0.2, 0.25) is 0 Å². The lowest BCUT2D eigenvalue weighted by molar-refractivity contribution is 0.188. The molecule has 72 valence electrons. The Morgan fingerprint density at radius 3 is 2.75 bits per heavy atom. The van der Waals surface area contributed by atoms with Gasteiger partial charge in [-0.3, -0.25) is 0 Å². The molecule has 2 nitrogen and oxygen atoms in total. The van der Waals surface area contributed by atoms with Crippen molar-refractivity contribution >= 4 is 11.8 Å². The zero-order valence-electron chi connectivity index (χ0n) is 7.75. The van der Waals surface area contributed by atoms with Crippen molar-refractivity contribution in [2.45, 2.75) is 25.9 Å². The lowest BCUT2D eigenvalue weighted by atomic mass is 10.0. The fourth-order valence-corrected chi connectivity index (χ4v) is 2.65. The highest BCUT2D eigenvalue weighted by Gasteiger charge is 2.12. The lowest BCUT2D eigenvalue weighted by Gasteiger charge is -2.21. The first-order valence-corrected chi connectivity index (χ1v) is 5.91. The van der Waals surface area contributed by atoms with Gasteiger partial charge in [0, 0.05) is 6.54 Å². The fourth-order valence-electron chi connectivity index (χ4n) is 1.45. The Morgan fingerprint density at radius 1 is 1.50 bits per heavy atom. The van der Waals surface area contributed by atoms with Gasteiger partial charge in [0.1, 0.15) is 0 Å². The first-order valence-electron chi connectivity index (χ1n) is 4.75. The number of hydrogen-bond donors (Lipinski definition) is 2. The van der Waals surface area contributed by atoms with Crippen LogP contribution in [0.25, 0.3) is 0 Å². The van der Waals surface area contributed by atoms with Crippen LogP contribution in [0.1, 0.15) is 19.8 Å². The van der Waals surface area contributed by atoms with Gasteiger partial charge >= 0.3 is 0 Å². The molecule has 0 radical (unpaired) electrons. The molecule has 0 saturated carbocycles. The van der Waals surface area contributed by atoms with Crippen molar-refractivity contribution in [1.29, 1.82) is 0 Å². The summed E-state index contributed by atoms with van der Waals surface area (Å²) in [6.45, 7) is 3.65. The Labute approximate surface area is 79.1 Å². The molecule has 1 saturated heterocycles. The van der Waals surface area contributed by atoms with Gasteiger partial charge in [0.2, 0.25) is 0 Å². The SMILES string of the molecule is C[C@@H](O)CNCC1CCSCC1. The quantitative estimate of drug-likeness (QED) is 0.694. The summed E-state index contributed by atoms with van der Waals surface area (Å²) in [6, 6.07) is 0. The van der Waals surface area contributed by atoms with Crippen LogP contribution >= 0.6 is 11.8 Å². The molecule has 0 aliphatic carbocycles. The minimum absolute atomic E-state index is 0.206. The Kier molecular flexibility index (Phi) is 5.04. The average Bonchev–Trinajstić information content (AvgIpc) is 2.05. The summed E-state index contributed by atoms with van der Waals surface area (Å²) in [7, 11) is 0. The van der Waals surface area contributed by atoms with Gasteiger partial charge in [-0.25, -0.2) is 0 Å². The molecule has 0 aromatic rings. The standard InChI is InChI=1S/C9H19NOS/c1-8(11)6-10-7-9-2-4-12-5-3-9/h8-11H,2-7H2,1H3/t8-/m1/s1. The third kappa shape index (κ3) is 4.33. The average molecular weight is 189 g/mol. The number of hydrogen-bond acceptors (Lipinski definition) is 3. The van der Waals surface area contributed by atoms with Crippen LogP contribution in [0.5, 0.6) is 0 Å². The molecule has 1 heterocycles. The second kappa shape index (κ2) is 5.84. The van der Waals surface area contributed by atoms with Crippen molar-refractivity contribution in [2.24, 2.45) is 5.92 Å². The maximum atomic E-state index is 9.02. The second-order valence-corrected chi connectivity index (χ2v) is 4.79. The summed E-state index contributed by atoms with van der Waals surface area (Å²) in [5, 5.41) is 12.3. The van der Waals surface area contributed by atoms with Crippen molar-refractivity contribution in [3.63, 3.8) is 0 Å². The van der Waals surface area contributed by atoms with Crippen LogP contribution in [-0.4, -0.2) is 35.8 Å². The Balaban J connectivity index is 1.98. The molecular weight excluding hydrogens is 170 g/mol. The Morgan fingerprint density at radius 2 is 2.17 bits per heavy atom. The van der Waals surface area contributed by atoms with E-state index in [0.717, 1.165) is 19.0 Å². The molecule has 0 amide bonds. The first kappa shape index (κ1) is 10.4. The van der Waals surface area contributed by atoms with E-state index in [1.165, 1.54) is 24.3 Å². The van der Waals surface area contributed by atoms with E-state index >= 15 is 0 Å². The van der Waals surface area contributed by atoms with Crippen molar-refractivity contribution in [2.75, 3.05) is 24.6 Å². The molecule has 1 atom stereocenters. The fraction of sp³-hybridized carbons (Fsp3) is 1.00. The third-order valence-corrected chi connectivity index (χ3v) is 3.26. The van der Waals surface area contributed by atoms with Gasteiger partial charge in [-0.2, -0.15) is 11.8 Å². The van der Waals surface area contributed by atoms with Gasteiger partial charge in [-0.15, -0.1) is 0 Å². The van der Waals surface area contributed by atoms with E-state index in [-0.39, 0.29) is 6.10 Å². The van der Waals surface area contributed by atoms with E-state index in [9.17, 15) is 0 Å². The van der Waals surface area contributed by atoms with E-state index < -0.39 is 0 Å². The smallest absolute Gasteiger partial charge is 0.0636 e. The largest absolute Gasteiger partial charge is 0.392 e. The molecule has 1 aliphatic rings. The van der Waals surface area contributed by atoms with E-state index in [1.54, 1.807) is 0 Å². The van der Waals surface area contributed by atoms with Crippen LogP contribution in [0, 0.1) is 5.92 Å². The topological polar surface area (TPSA) is 32.3 Å². The highest BCUT2D eigenvalue weighted by atomic mass is 32.2. The first-order chi connectivity index (χ1) is 5.79. The van der Waals surface area contributed by atoms with Crippen molar-refractivity contribution < 1.29 is 5.11 Å². The number of rotatable bonds is 4. The lowest BCUT2D eigenvalue weighted by Crippen LogP contribution is -2.30. The third-order valence-electron chi connectivity index (χ3n) is 2.21. The number of thioether (sulfide) groups is 1. The summed E-state index contributed by atoms with van der Waals surface area (Å²) >= 11 is 2.06. The van der Waals surface area contributed by atoms with Crippen LogP contribution in [0.4, 0.5) is 0 Å². The van der Waals surface area contributed by atoms with Gasteiger partial charge in [-0.05, 0) is 43.7 Å². The predicted octanol–water partition coefficient (Wildman–Crippen LogP) is 1.10. The second-order valence-electron chi connectivity index (χ2n) is 3.56. The Bertz CT molecular complexity index is 113. The van der Waals surface area contributed by atoms with Crippen molar-refractivity contribution in [3.8, 4) is 0 Å². The van der Waals surface area contributed by atoms with Crippen LogP contribution in [-0.2, 0) is 0 Å². The molecule has 12 heavy (non-hydrogen) atoms. The van der Waals surface area contributed by atoms with Gasteiger partial charge in [0.25, 0.3) is 0 Å². The maximum absolute atomic E-state index is 9.02. The minimum Gasteiger partial charge on any atom is -0.392 e. The van der Waals surface area contributed by atoms with E-state index in [0.29, 0.717) is 0 Å². The maximum Gasteiger partial charge on any atom is 0.0636 e. The number of aliphatic hydroxyl groups excluding tert-OH is 1. The molecule has 2 N–H and O–H groups in total. The van der Waals surface area contributed by atoms with Crippen molar-refractivity contribution in [3.05, 3.63) is 0 Å². The molecule has 0 spiro atoms. The van der Waals surface area contributed by atoms with Crippen LogP contribution < -0.4 is 5.32 Å². The molecule has 0 unspecified atom stereocenters. The number of nitrogens with one attached hydrogen (secondary N) is 1. The minimum atomic E-state index is -0.206. The summed E-state index contributed by atoms with van der Waals surface area (Å²) in [5.41, 5.74) is 0. The molecule has 1 fully saturated rings. The summed E-state index contributed by atoms with van der Waals surface area (Å²) in [4.78, 5) is 0. The monoisotopic (exact) mass is 189 g/mol. The molecule has 0 aromatic carbocycles. The zero-order valence-corrected chi connectivity index (χ0v) is 8.57. The molecule has 0 aromatic heterocycles. The van der Waals surface area contributed by atoms with Crippen LogP contribution in [0.15, 0.2) is 0 Å². The van der Waals surface area contributed by atoms with Gasteiger partial charge in [0.15, 0.2) is 0 Å². The molecular formula is C9H19NOS. The molecule has 1 aliphatic heterocycles. The van der Waals surface area contributed by atoms with E-state index in [2.05, 4.69) is 17.1 Å². The number of aliphatic hydroxyl groups is 1. The van der Waals surface area contributed by atoms with Gasteiger partial charge < -0.3 is 10.4 Å². The van der Waals surface area contributed by atoms with Crippen molar-refractivity contribution in [1.82, 2.24) is 5.32 Å². The van der Waals surface area contributed by atoms with Gasteiger partial charge in [0.05, 0.1) is 6.10 Å². The highest BCUT2D eigenvalue weighted by molar-refractivity contribution is 7.99. The normalized spacial score (nSPS) is 22.5. The zero-order chi connectivity index (χ0) is 8.81. The van der Waals surface area contributed by atoms with E-state index in [1.807, 2.05) is 6.92 Å². The molecule has 0 bridgehead atoms. The summed E-state index contributed by atoms with van der Waals surface area (Å²) in [5.74, 6) is 3.49. The van der Waals surface area contributed by atoms with Crippen LogP contribution in [0.3, 0.4) is 0 Å². The molecule has 1 rings (SSSR count). The van der Waals surface area contributed by atoms with Gasteiger partial charge in [-0.1, -0.05) is 0 Å². The highest BCUT2D eigenvalue weighted by Crippen LogP contribution is 2.21. The Hall–Kier alpha value is 0.270. The summed E-state index contributed by atoms with van der Waals surface area (Å²) in [6.07, 6.45) is 2.48. The predicted molar refractivity (Wildman–Crippen MR) is 54.6 cm³/mol. The van der Waals surface area contributed by atoms with E-state index in [4.69, 9.17) is 5.11 Å².